The van der Waals surface area contributed by atoms with Gasteiger partial charge in [0.15, 0.2) is 0 Å². The molecule has 1 aromatic heterocycles. The van der Waals surface area contributed by atoms with Gasteiger partial charge in [0.25, 0.3) is 5.91 Å². The molecule has 1 amide bonds. The van der Waals surface area contributed by atoms with E-state index < -0.39 is 5.91 Å². The van der Waals surface area contributed by atoms with Crippen molar-refractivity contribution in [2.24, 2.45) is 0 Å². The molecule has 0 spiro atoms. The van der Waals surface area contributed by atoms with E-state index in [-0.39, 0.29) is 22.9 Å². The second-order valence-corrected chi connectivity index (χ2v) is 6.43. The lowest BCUT2D eigenvalue weighted by atomic mass is 10.1. The molecular weight excluding hydrogens is 331 g/mol. The van der Waals surface area contributed by atoms with Gasteiger partial charge < -0.3 is 9.88 Å². The van der Waals surface area contributed by atoms with Crippen LogP contribution in [0.5, 0.6) is 0 Å². The smallest absolute Gasteiger partial charge is 0.257 e. The van der Waals surface area contributed by atoms with Crippen LogP contribution < -0.4 is 10.7 Å². The van der Waals surface area contributed by atoms with Crippen LogP contribution in [0.1, 0.15) is 41.4 Å². The molecule has 0 unspecified atom stereocenters. The molecule has 26 heavy (non-hydrogen) atoms. The first-order valence-electron chi connectivity index (χ1n) is 8.61. The number of pyridine rings is 1. The number of amides is 1. The van der Waals surface area contributed by atoms with Crippen molar-refractivity contribution in [2.45, 2.75) is 33.4 Å². The van der Waals surface area contributed by atoms with Gasteiger partial charge in [-0.15, -0.1) is 0 Å². The molecule has 1 N–H and O–H groups in total. The number of hydrogen-bond donors (Lipinski definition) is 1. The topological polar surface area (TPSA) is 51.1 Å². The van der Waals surface area contributed by atoms with E-state index in [9.17, 15) is 14.0 Å². The Balaban J connectivity index is 1.98. The minimum atomic E-state index is -0.433. The van der Waals surface area contributed by atoms with Gasteiger partial charge >= 0.3 is 0 Å². The molecule has 0 aliphatic carbocycles. The number of halogens is 1. The maximum absolute atomic E-state index is 13.1. The van der Waals surface area contributed by atoms with Gasteiger partial charge in [0.1, 0.15) is 11.4 Å². The van der Waals surface area contributed by atoms with Gasteiger partial charge in [-0.1, -0.05) is 23.8 Å². The number of nitrogens with zero attached hydrogens (tertiary/aromatic N) is 1. The molecule has 3 aromatic rings. The SMILES string of the molecule is CCn1cc(C(=O)N[C@@H](C)c2ccc(F)cc2)c(=O)c2cc(C)ccc21. The third kappa shape index (κ3) is 3.38. The van der Waals surface area contributed by atoms with Crippen molar-refractivity contribution < 1.29 is 9.18 Å². The predicted molar refractivity (Wildman–Crippen MR) is 101 cm³/mol. The van der Waals surface area contributed by atoms with Gasteiger partial charge in [-0.3, -0.25) is 9.59 Å². The number of nitrogens with one attached hydrogen (secondary N) is 1. The highest BCUT2D eigenvalue weighted by Gasteiger charge is 2.17. The highest BCUT2D eigenvalue weighted by atomic mass is 19.1. The quantitative estimate of drug-likeness (QED) is 0.773. The first-order valence-corrected chi connectivity index (χ1v) is 8.61. The summed E-state index contributed by atoms with van der Waals surface area (Å²) in [5.41, 5.74) is 2.38. The Kier molecular flexibility index (Phi) is 4.89. The van der Waals surface area contributed by atoms with Crippen molar-refractivity contribution in [3.05, 3.63) is 81.4 Å². The summed E-state index contributed by atoms with van der Waals surface area (Å²) in [6.07, 6.45) is 1.60. The molecule has 0 aliphatic rings. The van der Waals surface area contributed by atoms with Crippen molar-refractivity contribution in [2.75, 3.05) is 0 Å². The van der Waals surface area contributed by atoms with Crippen molar-refractivity contribution in [3.63, 3.8) is 0 Å². The molecule has 5 heteroatoms. The molecule has 4 nitrogen and oxygen atoms in total. The molecule has 1 atom stereocenters. The zero-order valence-electron chi connectivity index (χ0n) is 15.0. The van der Waals surface area contributed by atoms with E-state index in [1.807, 2.05) is 36.6 Å². The van der Waals surface area contributed by atoms with Gasteiger partial charge in [-0.05, 0) is 50.6 Å². The Morgan fingerprint density at radius 2 is 1.88 bits per heavy atom. The number of aromatic nitrogens is 1. The van der Waals surface area contributed by atoms with Crippen LogP contribution in [-0.4, -0.2) is 10.5 Å². The van der Waals surface area contributed by atoms with Gasteiger partial charge in [-0.2, -0.15) is 0 Å². The van der Waals surface area contributed by atoms with Gasteiger partial charge in [0.2, 0.25) is 5.43 Å². The summed E-state index contributed by atoms with van der Waals surface area (Å²) in [6, 6.07) is 11.3. The average Bonchev–Trinajstić information content (AvgIpc) is 2.62. The molecule has 2 aromatic carbocycles. The van der Waals surface area contributed by atoms with Gasteiger partial charge in [0, 0.05) is 18.1 Å². The van der Waals surface area contributed by atoms with E-state index in [0.717, 1.165) is 16.6 Å². The summed E-state index contributed by atoms with van der Waals surface area (Å²) in [6.45, 7) is 6.33. The fourth-order valence-electron chi connectivity index (χ4n) is 3.04. The Morgan fingerprint density at radius 1 is 1.19 bits per heavy atom. The molecule has 0 saturated heterocycles. The largest absolute Gasteiger partial charge is 0.347 e. The molecule has 0 aliphatic heterocycles. The molecule has 3 rings (SSSR count). The van der Waals surface area contributed by atoms with E-state index >= 15 is 0 Å². The summed E-state index contributed by atoms with van der Waals surface area (Å²) in [5.74, 6) is -0.763. The molecule has 0 fully saturated rings. The third-order valence-corrected chi connectivity index (χ3v) is 4.54. The molecule has 0 saturated carbocycles. The van der Waals surface area contributed by atoms with Gasteiger partial charge in [-0.25, -0.2) is 4.39 Å². The Labute approximate surface area is 151 Å². The molecule has 0 bridgehead atoms. The second-order valence-electron chi connectivity index (χ2n) is 6.43. The number of rotatable bonds is 4. The number of hydrogen-bond acceptors (Lipinski definition) is 2. The lowest BCUT2D eigenvalue weighted by Crippen LogP contribution is -2.31. The maximum atomic E-state index is 13.1. The van der Waals surface area contributed by atoms with Crippen LogP contribution in [0.15, 0.2) is 53.5 Å². The number of benzene rings is 2. The Morgan fingerprint density at radius 3 is 2.54 bits per heavy atom. The minimum absolute atomic E-state index is 0.110. The molecule has 1 heterocycles. The second kappa shape index (κ2) is 7.12. The van der Waals surface area contributed by atoms with E-state index in [1.54, 1.807) is 25.3 Å². The van der Waals surface area contributed by atoms with Crippen molar-refractivity contribution in [1.29, 1.82) is 0 Å². The molecule has 134 valence electrons. The monoisotopic (exact) mass is 352 g/mol. The van der Waals surface area contributed by atoms with Crippen LogP contribution in [0, 0.1) is 12.7 Å². The van der Waals surface area contributed by atoms with Crippen LogP contribution in [0.25, 0.3) is 10.9 Å². The lowest BCUT2D eigenvalue weighted by molar-refractivity contribution is 0.0938. The fraction of sp³-hybridized carbons (Fsp3) is 0.238. The lowest BCUT2D eigenvalue weighted by Gasteiger charge is -2.16. The fourth-order valence-corrected chi connectivity index (χ4v) is 3.04. The van der Waals surface area contributed by atoms with E-state index in [2.05, 4.69) is 5.32 Å². The molecular formula is C21H21FN2O2. The maximum Gasteiger partial charge on any atom is 0.257 e. The van der Waals surface area contributed by atoms with Crippen molar-refractivity contribution >= 4 is 16.8 Å². The van der Waals surface area contributed by atoms with Gasteiger partial charge in [0.05, 0.1) is 11.6 Å². The van der Waals surface area contributed by atoms with Crippen molar-refractivity contribution in [3.8, 4) is 0 Å². The van der Waals surface area contributed by atoms with Crippen molar-refractivity contribution in [1.82, 2.24) is 9.88 Å². The summed E-state index contributed by atoms with van der Waals surface area (Å²) in [4.78, 5) is 25.5. The van der Waals surface area contributed by atoms with E-state index in [4.69, 9.17) is 0 Å². The van der Waals surface area contributed by atoms with E-state index in [1.165, 1.54) is 12.1 Å². The van der Waals surface area contributed by atoms with Crippen LogP contribution in [0.3, 0.4) is 0 Å². The number of aryl methyl sites for hydroxylation is 2. The number of fused-ring (bicyclic) bond motifs is 1. The molecule has 0 radical (unpaired) electrons. The highest BCUT2D eigenvalue weighted by Crippen LogP contribution is 2.16. The standard InChI is InChI=1S/C21H21FN2O2/c1-4-24-12-18(20(25)17-11-13(2)5-10-19(17)24)21(26)23-14(3)15-6-8-16(22)9-7-15/h5-12,14H,4H2,1-3H3,(H,23,26)/t14-/m0/s1. The predicted octanol–water partition coefficient (Wildman–Crippen LogP) is 3.96. The summed E-state index contributed by atoms with van der Waals surface area (Å²) in [5, 5.41) is 3.36. The zero-order chi connectivity index (χ0) is 18.8. The summed E-state index contributed by atoms with van der Waals surface area (Å²) >= 11 is 0. The van der Waals surface area contributed by atoms with Crippen LogP contribution in [0.4, 0.5) is 4.39 Å². The van der Waals surface area contributed by atoms with Crippen LogP contribution >= 0.6 is 0 Å². The van der Waals surface area contributed by atoms with Crippen LogP contribution in [-0.2, 0) is 6.54 Å². The Bertz CT molecular complexity index is 1020. The summed E-state index contributed by atoms with van der Waals surface area (Å²) < 4.78 is 15.0. The van der Waals surface area contributed by atoms with E-state index in [0.29, 0.717) is 11.9 Å². The summed E-state index contributed by atoms with van der Waals surface area (Å²) in [7, 11) is 0. The normalized spacial score (nSPS) is 12.2. The first-order chi connectivity index (χ1) is 12.4. The number of carbonyl (C=O) groups excluding carboxylic acids is 1. The average molecular weight is 352 g/mol. The first kappa shape index (κ1) is 17.9. The third-order valence-electron chi connectivity index (χ3n) is 4.54. The zero-order valence-corrected chi connectivity index (χ0v) is 15.0. The number of carbonyl (C=O) groups is 1. The Hall–Kier alpha value is -2.95. The van der Waals surface area contributed by atoms with Crippen LogP contribution in [0.2, 0.25) is 0 Å². The highest BCUT2D eigenvalue weighted by molar-refractivity contribution is 5.97. The minimum Gasteiger partial charge on any atom is -0.347 e.